The van der Waals surface area contributed by atoms with Crippen molar-refractivity contribution in [2.24, 2.45) is 0 Å². The highest BCUT2D eigenvalue weighted by Gasteiger charge is 2.54. The van der Waals surface area contributed by atoms with Crippen molar-refractivity contribution in [1.82, 2.24) is 14.2 Å². The van der Waals surface area contributed by atoms with Crippen LogP contribution in [0.3, 0.4) is 0 Å². The summed E-state index contributed by atoms with van der Waals surface area (Å²) in [6, 6.07) is 29.2. The molecular formula is C47H64N5O9PSi. The highest BCUT2D eigenvalue weighted by molar-refractivity contribution is 7.44. The van der Waals surface area contributed by atoms with Gasteiger partial charge in [0.15, 0.2) is 14.5 Å². The van der Waals surface area contributed by atoms with E-state index in [2.05, 4.69) is 82.6 Å². The number of rotatable bonds is 20. The normalized spacial score (nSPS) is 18.7. The van der Waals surface area contributed by atoms with Crippen LogP contribution in [-0.2, 0) is 33.3 Å². The highest BCUT2D eigenvalue weighted by Crippen LogP contribution is 2.52. The molecule has 340 valence electrons. The number of hydrogen-bond acceptors (Lipinski definition) is 12. The molecule has 1 amide bonds. The van der Waals surface area contributed by atoms with Gasteiger partial charge in [0.2, 0.25) is 5.91 Å². The standard InChI is InChI=1S/C47H64N5O9PSi/c1-32(2)52(33(3)4)62(58-30-16-28-48)60-42-40(59-44(43(42)61-63(11,12)46(6,7)8)51-29-27-41(49-34(5)53)50-45(51)54)31-57-47(35-17-14-13-15-18-35,36-19-23-38(55-9)24-20-36)37-21-25-39(56-10)26-22-37/h13-15,17-27,29,32-33,40,42-44H,16,30-31H2,1-12H3,(H,49,50,53,54)/t40-,42-,43-,44-,62?/m0/s1. The van der Waals surface area contributed by atoms with Crippen LogP contribution in [0.2, 0.25) is 18.1 Å². The summed E-state index contributed by atoms with van der Waals surface area (Å²) in [6.07, 6.45) is -1.94. The first kappa shape index (κ1) is 49.5. The van der Waals surface area contributed by atoms with Crippen molar-refractivity contribution < 1.29 is 37.2 Å². The minimum absolute atomic E-state index is 0.00483. The molecule has 5 rings (SSSR count). The van der Waals surface area contributed by atoms with Crippen molar-refractivity contribution in [3.63, 3.8) is 0 Å². The van der Waals surface area contributed by atoms with Crippen molar-refractivity contribution in [2.75, 3.05) is 32.8 Å². The maximum absolute atomic E-state index is 14.0. The van der Waals surface area contributed by atoms with E-state index in [1.54, 1.807) is 26.5 Å². The summed E-state index contributed by atoms with van der Waals surface area (Å²) in [4.78, 5) is 30.2. The summed E-state index contributed by atoms with van der Waals surface area (Å²) in [6.45, 7) is 20.4. The Balaban J connectivity index is 1.74. The van der Waals surface area contributed by atoms with Gasteiger partial charge >= 0.3 is 5.69 Å². The van der Waals surface area contributed by atoms with E-state index in [0.717, 1.165) is 16.7 Å². The molecule has 1 aliphatic rings. The second-order valence-electron chi connectivity index (χ2n) is 17.5. The molecule has 2 heterocycles. The number of nitrogens with one attached hydrogen (secondary N) is 1. The molecule has 5 atom stereocenters. The fourth-order valence-corrected chi connectivity index (χ4v) is 10.4. The number of aromatic nitrogens is 2. The van der Waals surface area contributed by atoms with Crippen LogP contribution in [0.15, 0.2) is 95.9 Å². The molecule has 14 nitrogen and oxygen atoms in total. The first-order valence-electron chi connectivity index (χ1n) is 21.3. The third-order valence-electron chi connectivity index (χ3n) is 11.4. The molecule has 4 aromatic rings. The predicted octanol–water partition coefficient (Wildman–Crippen LogP) is 9.18. The van der Waals surface area contributed by atoms with E-state index in [0.29, 0.717) is 11.5 Å². The summed E-state index contributed by atoms with van der Waals surface area (Å²) in [7, 11) is -1.24. The van der Waals surface area contributed by atoms with Crippen molar-refractivity contribution in [3.05, 3.63) is 118 Å². The molecular weight excluding hydrogens is 838 g/mol. The SMILES string of the molecule is COc1ccc(C(OC[C@@H]2O[C@H](n3ccc(NC(C)=O)nc3=O)[C@@H](O[Si](C)(C)C(C)(C)C)[C@H]2OP(OCCC#N)N(C(C)C)C(C)C)(c2ccccc2)c2ccc(OC)cc2)cc1. The Morgan fingerprint density at radius 2 is 1.46 bits per heavy atom. The van der Waals surface area contributed by atoms with Crippen LogP contribution in [0.5, 0.6) is 11.5 Å². The average molecular weight is 902 g/mol. The van der Waals surface area contributed by atoms with Crippen molar-refractivity contribution in [1.29, 1.82) is 5.26 Å². The minimum atomic E-state index is -2.66. The molecule has 1 saturated heterocycles. The van der Waals surface area contributed by atoms with Crippen LogP contribution in [0, 0.1) is 11.3 Å². The quantitative estimate of drug-likeness (QED) is 0.0389. The third kappa shape index (κ3) is 11.6. The Morgan fingerprint density at radius 1 is 0.905 bits per heavy atom. The van der Waals surface area contributed by atoms with E-state index in [-0.39, 0.29) is 48.5 Å². The molecule has 1 N–H and O–H groups in total. The predicted molar refractivity (Wildman–Crippen MR) is 247 cm³/mol. The lowest BCUT2D eigenvalue weighted by atomic mass is 9.80. The number of nitriles is 1. The first-order chi connectivity index (χ1) is 29.9. The van der Waals surface area contributed by atoms with Crippen LogP contribution >= 0.6 is 8.53 Å². The van der Waals surface area contributed by atoms with Gasteiger partial charge in [0.25, 0.3) is 8.53 Å². The number of hydrogen-bond donors (Lipinski definition) is 1. The Kier molecular flexibility index (Phi) is 16.9. The number of benzene rings is 3. The fraction of sp³-hybridized carbons (Fsp3) is 0.489. The summed E-state index contributed by atoms with van der Waals surface area (Å²) < 4.78 is 50.3. The molecule has 0 radical (unpaired) electrons. The second kappa shape index (κ2) is 21.5. The molecule has 1 aliphatic heterocycles. The van der Waals surface area contributed by atoms with Crippen molar-refractivity contribution >= 4 is 28.6 Å². The van der Waals surface area contributed by atoms with Gasteiger partial charge < -0.3 is 37.7 Å². The molecule has 16 heteroatoms. The highest BCUT2D eigenvalue weighted by atomic mass is 31.2. The largest absolute Gasteiger partial charge is 0.497 e. The summed E-state index contributed by atoms with van der Waals surface area (Å²) >= 11 is 0. The lowest BCUT2D eigenvalue weighted by Crippen LogP contribution is -2.50. The molecule has 1 aromatic heterocycles. The van der Waals surface area contributed by atoms with E-state index < -0.39 is 52.7 Å². The number of nitrogens with zero attached hydrogens (tertiary/aromatic N) is 4. The summed E-state index contributed by atoms with van der Waals surface area (Å²) in [5, 5.41) is 11.9. The number of carbonyl (C=O) groups is 1. The number of amides is 1. The molecule has 0 spiro atoms. The number of methoxy groups -OCH3 is 2. The lowest BCUT2D eigenvalue weighted by molar-refractivity contribution is -0.114. The summed E-state index contributed by atoms with van der Waals surface area (Å²) in [5.41, 5.74) is 0.633. The molecule has 0 saturated carbocycles. The molecule has 63 heavy (non-hydrogen) atoms. The molecule has 1 unspecified atom stereocenters. The molecule has 3 aromatic carbocycles. The number of carbonyl (C=O) groups excluding carboxylic acids is 1. The van der Waals surface area contributed by atoms with Crippen LogP contribution in [-0.4, -0.2) is 86.3 Å². The zero-order chi connectivity index (χ0) is 46.1. The van der Waals surface area contributed by atoms with Gasteiger partial charge in [-0.25, -0.2) is 9.46 Å². The first-order valence-corrected chi connectivity index (χ1v) is 25.3. The Bertz CT molecular complexity index is 2140. The van der Waals surface area contributed by atoms with Gasteiger partial charge in [-0.2, -0.15) is 10.2 Å². The minimum Gasteiger partial charge on any atom is -0.497 e. The van der Waals surface area contributed by atoms with Crippen LogP contribution in [0.4, 0.5) is 5.82 Å². The Labute approximate surface area is 374 Å². The van der Waals surface area contributed by atoms with Gasteiger partial charge in [0.05, 0.1) is 39.9 Å². The second-order valence-corrected chi connectivity index (χ2v) is 23.7. The average Bonchev–Trinajstić information content (AvgIpc) is 3.55. The van der Waals surface area contributed by atoms with Crippen LogP contribution in [0.1, 0.15) is 84.7 Å². The fourth-order valence-electron chi connectivity index (χ4n) is 7.37. The van der Waals surface area contributed by atoms with Gasteiger partial charge in [0.1, 0.15) is 41.2 Å². The van der Waals surface area contributed by atoms with E-state index in [9.17, 15) is 14.9 Å². The van der Waals surface area contributed by atoms with Gasteiger partial charge in [-0.05, 0) is 92.8 Å². The van der Waals surface area contributed by atoms with Gasteiger partial charge in [-0.3, -0.25) is 9.36 Å². The summed E-state index contributed by atoms with van der Waals surface area (Å²) in [5.74, 6) is 1.12. The smallest absolute Gasteiger partial charge is 0.351 e. The molecule has 0 bridgehead atoms. The zero-order valence-corrected chi connectivity index (χ0v) is 40.6. The van der Waals surface area contributed by atoms with Crippen LogP contribution in [0.25, 0.3) is 0 Å². The van der Waals surface area contributed by atoms with E-state index >= 15 is 0 Å². The van der Waals surface area contributed by atoms with Crippen molar-refractivity contribution in [2.45, 2.75) is 122 Å². The third-order valence-corrected chi connectivity index (χ3v) is 18.0. The zero-order valence-electron chi connectivity index (χ0n) is 38.7. The Hall–Kier alpha value is -4.49. The topological polar surface area (TPSA) is 156 Å². The van der Waals surface area contributed by atoms with E-state index in [4.69, 9.17) is 32.4 Å². The number of ether oxygens (including phenoxy) is 4. The van der Waals surface area contributed by atoms with E-state index in [1.165, 1.54) is 11.5 Å². The van der Waals surface area contributed by atoms with E-state index in [1.807, 2.05) is 78.9 Å². The number of anilines is 1. The Morgan fingerprint density at radius 3 is 1.94 bits per heavy atom. The maximum Gasteiger partial charge on any atom is 0.351 e. The molecule has 0 aliphatic carbocycles. The lowest BCUT2D eigenvalue weighted by Gasteiger charge is -2.42. The van der Waals surface area contributed by atoms with Crippen LogP contribution < -0.4 is 20.5 Å². The maximum atomic E-state index is 14.0. The van der Waals surface area contributed by atoms with Gasteiger partial charge in [0, 0.05) is 25.2 Å². The monoisotopic (exact) mass is 901 g/mol. The molecule has 1 fully saturated rings. The van der Waals surface area contributed by atoms with Gasteiger partial charge in [-0.15, -0.1) is 0 Å². The van der Waals surface area contributed by atoms with Gasteiger partial charge in [-0.1, -0.05) is 75.4 Å². The van der Waals surface area contributed by atoms with Crippen molar-refractivity contribution in [3.8, 4) is 17.6 Å².